The summed E-state index contributed by atoms with van der Waals surface area (Å²) in [6.07, 6.45) is -1.38. The summed E-state index contributed by atoms with van der Waals surface area (Å²) in [6, 6.07) is -5.91. The van der Waals surface area contributed by atoms with Gasteiger partial charge in [0.05, 0.1) is 19.1 Å². The highest BCUT2D eigenvalue weighted by Crippen LogP contribution is 2.05. The zero-order valence-corrected chi connectivity index (χ0v) is 18.8. The van der Waals surface area contributed by atoms with Gasteiger partial charge in [0.15, 0.2) is 5.96 Å². The summed E-state index contributed by atoms with van der Waals surface area (Å²) in [5, 5.41) is 33.5. The summed E-state index contributed by atoms with van der Waals surface area (Å²) in [5.74, 6) is -6.83. The smallest absolute Gasteiger partial charge is 0.328 e. The van der Waals surface area contributed by atoms with E-state index in [0.29, 0.717) is 0 Å². The van der Waals surface area contributed by atoms with Crippen molar-refractivity contribution in [3.8, 4) is 0 Å². The van der Waals surface area contributed by atoms with Gasteiger partial charge in [-0.05, 0) is 19.3 Å². The first-order chi connectivity index (χ1) is 16.3. The number of rotatable bonds is 17. The van der Waals surface area contributed by atoms with Crippen LogP contribution in [0.3, 0.4) is 0 Å². The third-order valence-corrected chi connectivity index (χ3v) is 4.41. The SMILES string of the molecule is NC(=O)CC(N)C(=O)NC(CCCN=C(N)N)C(=O)NC(CCC(=O)O)C(=O)NC(CO)C(=O)O. The van der Waals surface area contributed by atoms with Crippen molar-refractivity contribution >= 4 is 41.5 Å². The Kier molecular flexibility index (Phi) is 14.0. The van der Waals surface area contributed by atoms with Crippen LogP contribution in [0.1, 0.15) is 32.1 Å². The van der Waals surface area contributed by atoms with E-state index in [1.165, 1.54) is 0 Å². The molecule has 0 aromatic rings. The first kappa shape index (κ1) is 31.0. The van der Waals surface area contributed by atoms with Crippen LogP contribution in [-0.2, 0) is 28.8 Å². The van der Waals surface area contributed by atoms with Crippen molar-refractivity contribution in [1.82, 2.24) is 16.0 Å². The fourth-order valence-corrected chi connectivity index (χ4v) is 2.63. The molecule has 0 fully saturated rings. The van der Waals surface area contributed by atoms with E-state index >= 15 is 0 Å². The lowest BCUT2D eigenvalue weighted by molar-refractivity contribution is -0.144. The maximum absolute atomic E-state index is 12.9. The van der Waals surface area contributed by atoms with Crippen LogP contribution in [-0.4, -0.2) is 94.2 Å². The van der Waals surface area contributed by atoms with Crippen LogP contribution in [0.5, 0.6) is 0 Å². The largest absolute Gasteiger partial charge is 0.481 e. The zero-order chi connectivity index (χ0) is 27.1. The standard InChI is InChI=1S/C18H32N8O9/c19-8(6-12(20)28)14(31)24-9(2-1-5-23-18(21)22)15(32)25-10(3-4-13(29)30)16(33)26-11(7-27)17(34)35/h8-11,27H,1-7,19H2,(H2,20,28)(H,24,31)(H,25,32)(H,26,33)(H,29,30)(H,34,35)(H4,21,22,23). The van der Waals surface area contributed by atoms with Crippen LogP contribution in [0.4, 0.5) is 0 Å². The second kappa shape index (κ2) is 15.8. The maximum Gasteiger partial charge on any atom is 0.328 e. The van der Waals surface area contributed by atoms with Crippen LogP contribution in [0.15, 0.2) is 4.99 Å². The molecule has 0 aliphatic carbocycles. The number of carbonyl (C=O) groups excluding carboxylic acids is 4. The van der Waals surface area contributed by atoms with Gasteiger partial charge in [0.25, 0.3) is 0 Å². The lowest BCUT2D eigenvalue weighted by Crippen LogP contribution is -2.57. The third-order valence-electron chi connectivity index (χ3n) is 4.41. The number of hydrogen-bond acceptors (Lipinski definition) is 9. The molecule has 14 N–H and O–H groups in total. The third kappa shape index (κ3) is 13.3. The average Bonchev–Trinajstić information content (AvgIpc) is 2.75. The molecule has 0 rings (SSSR count). The second-order valence-electron chi connectivity index (χ2n) is 7.36. The minimum Gasteiger partial charge on any atom is -0.481 e. The Hall–Kier alpha value is -3.99. The molecule has 4 unspecified atom stereocenters. The quantitative estimate of drug-likeness (QED) is 0.0504. The number of carbonyl (C=O) groups is 6. The Balaban J connectivity index is 5.60. The summed E-state index contributed by atoms with van der Waals surface area (Å²) in [7, 11) is 0. The number of hydrogen-bond donors (Lipinski definition) is 10. The van der Waals surface area contributed by atoms with Crippen molar-refractivity contribution in [2.75, 3.05) is 13.2 Å². The van der Waals surface area contributed by atoms with Crippen molar-refractivity contribution in [3.63, 3.8) is 0 Å². The predicted octanol–water partition coefficient (Wildman–Crippen LogP) is -5.36. The molecule has 0 saturated heterocycles. The summed E-state index contributed by atoms with van der Waals surface area (Å²) in [5.41, 5.74) is 21.1. The van der Waals surface area contributed by atoms with E-state index in [1.807, 2.05) is 5.32 Å². The normalized spacial score (nSPS) is 13.9. The van der Waals surface area contributed by atoms with Gasteiger partial charge in [-0.1, -0.05) is 0 Å². The molecule has 0 aliphatic heterocycles. The van der Waals surface area contributed by atoms with Gasteiger partial charge in [-0.15, -0.1) is 0 Å². The average molecular weight is 505 g/mol. The molecule has 0 heterocycles. The van der Waals surface area contributed by atoms with Crippen LogP contribution >= 0.6 is 0 Å². The van der Waals surface area contributed by atoms with Crippen molar-refractivity contribution in [2.24, 2.45) is 27.9 Å². The van der Waals surface area contributed by atoms with Gasteiger partial charge in [-0.25, -0.2) is 4.79 Å². The Morgan fingerprint density at radius 2 is 1.31 bits per heavy atom. The minimum absolute atomic E-state index is 0.0562. The molecule has 198 valence electrons. The van der Waals surface area contributed by atoms with Gasteiger partial charge >= 0.3 is 11.9 Å². The van der Waals surface area contributed by atoms with Crippen LogP contribution in [0.25, 0.3) is 0 Å². The minimum atomic E-state index is -1.70. The Morgan fingerprint density at radius 1 is 0.800 bits per heavy atom. The lowest BCUT2D eigenvalue weighted by Gasteiger charge is -2.24. The number of aliphatic hydroxyl groups excluding tert-OH is 1. The molecule has 0 spiro atoms. The van der Waals surface area contributed by atoms with E-state index in [4.69, 9.17) is 38.3 Å². The Morgan fingerprint density at radius 3 is 1.77 bits per heavy atom. The highest BCUT2D eigenvalue weighted by molar-refractivity contribution is 5.95. The summed E-state index contributed by atoms with van der Waals surface area (Å²) < 4.78 is 0. The summed E-state index contributed by atoms with van der Waals surface area (Å²) in [4.78, 5) is 74.4. The molecule has 0 bridgehead atoms. The van der Waals surface area contributed by atoms with Crippen molar-refractivity contribution in [1.29, 1.82) is 0 Å². The highest BCUT2D eigenvalue weighted by Gasteiger charge is 2.30. The number of carboxylic acids is 2. The first-order valence-electron chi connectivity index (χ1n) is 10.3. The van der Waals surface area contributed by atoms with E-state index in [1.54, 1.807) is 0 Å². The summed E-state index contributed by atoms with van der Waals surface area (Å²) in [6.45, 7) is -0.878. The van der Waals surface area contributed by atoms with Crippen molar-refractivity contribution < 1.29 is 44.1 Å². The van der Waals surface area contributed by atoms with Gasteiger partial charge in [-0.3, -0.25) is 29.0 Å². The number of guanidine groups is 1. The number of carboxylic acid groups (broad SMARTS) is 2. The van der Waals surface area contributed by atoms with E-state index in [2.05, 4.69) is 15.6 Å². The van der Waals surface area contributed by atoms with Crippen LogP contribution in [0, 0.1) is 0 Å². The molecule has 4 atom stereocenters. The van der Waals surface area contributed by atoms with Gasteiger partial charge < -0.3 is 54.2 Å². The Labute approximate surface area is 199 Å². The van der Waals surface area contributed by atoms with Crippen molar-refractivity contribution in [2.45, 2.75) is 56.3 Å². The number of aliphatic carboxylic acids is 2. The number of primary amides is 1. The molecule has 0 aromatic carbocycles. The van der Waals surface area contributed by atoms with Gasteiger partial charge in [0.2, 0.25) is 23.6 Å². The van der Waals surface area contributed by atoms with Gasteiger partial charge in [0.1, 0.15) is 18.1 Å². The monoisotopic (exact) mass is 504 g/mol. The maximum atomic E-state index is 12.9. The topological polar surface area (TPSA) is 316 Å². The number of aliphatic hydroxyl groups is 1. The molecular formula is C18H32N8O9. The fourth-order valence-electron chi connectivity index (χ4n) is 2.63. The van der Waals surface area contributed by atoms with Crippen LogP contribution in [0.2, 0.25) is 0 Å². The molecule has 35 heavy (non-hydrogen) atoms. The van der Waals surface area contributed by atoms with E-state index in [0.717, 1.165) is 0 Å². The number of nitrogens with zero attached hydrogens (tertiary/aromatic N) is 1. The number of nitrogens with one attached hydrogen (secondary N) is 3. The highest BCUT2D eigenvalue weighted by atomic mass is 16.4. The lowest BCUT2D eigenvalue weighted by atomic mass is 10.1. The molecule has 17 heteroatoms. The molecule has 4 amide bonds. The van der Waals surface area contributed by atoms with E-state index in [-0.39, 0.29) is 25.3 Å². The zero-order valence-electron chi connectivity index (χ0n) is 18.8. The molecular weight excluding hydrogens is 472 g/mol. The van der Waals surface area contributed by atoms with Gasteiger partial charge in [-0.2, -0.15) is 0 Å². The first-order valence-corrected chi connectivity index (χ1v) is 10.3. The van der Waals surface area contributed by atoms with E-state index < -0.39 is 85.6 Å². The summed E-state index contributed by atoms with van der Waals surface area (Å²) >= 11 is 0. The fraction of sp³-hybridized carbons (Fsp3) is 0.611. The predicted molar refractivity (Wildman–Crippen MR) is 119 cm³/mol. The number of nitrogens with two attached hydrogens (primary N) is 4. The number of amides is 4. The van der Waals surface area contributed by atoms with Gasteiger partial charge in [0, 0.05) is 13.0 Å². The molecule has 0 saturated carbocycles. The Bertz CT molecular complexity index is 816. The molecule has 0 aromatic heterocycles. The molecule has 0 aliphatic rings. The molecule has 0 radical (unpaired) electrons. The van der Waals surface area contributed by atoms with Crippen LogP contribution < -0.4 is 38.9 Å². The second-order valence-corrected chi connectivity index (χ2v) is 7.36. The van der Waals surface area contributed by atoms with E-state index in [9.17, 15) is 28.8 Å². The number of aliphatic imine (C=N–C) groups is 1. The molecule has 17 nitrogen and oxygen atoms in total. The van der Waals surface area contributed by atoms with Crippen molar-refractivity contribution in [3.05, 3.63) is 0 Å².